The first-order chi connectivity index (χ1) is 8.71. The fourth-order valence-electron chi connectivity index (χ4n) is 1.58. The topological polar surface area (TPSA) is 26.3 Å². The molecule has 1 aromatic heterocycles. The van der Waals surface area contributed by atoms with Crippen molar-refractivity contribution in [2.24, 2.45) is 0 Å². The highest BCUT2D eigenvalue weighted by atomic mass is 32.1. The average Bonchev–Trinajstić information content (AvgIpc) is 2.83. The van der Waals surface area contributed by atoms with Crippen molar-refractivity contribution < 1.29 is 13.9 Å². The minimum Gasteiger partial charge on any atom is -0.488 e. The molecule has 0 saturated carbocycles. The molecule has 0 aliphatic heterocycles. The van der Waals surface area contributed by atoms with E-state index in [9.17, 15) is 9.18 Å². The molecule has 18 heavy (non-hydrogen) atoms. The van der Waals surface area contributed by atoms with E-state index in [1.54, 1.807) is 11.3 Å². The third-order valence-electron chi connectivity index (χ3n) is 2.48. The Bertz CT molecular complexity index is 548. The number of hydrogen-bond donors (Lipinski definition) is 0. The maximum Gasteiger partial charge on any atom is 0.150 e. The summed E-state index contributed by atoms with van der Waals surface area (Å²) >= 11 is 1.68. The first-order valence-electron chi connectivity index (χ1n) is 5.67. The zero-order valence-electron chi connectivity index (χ0n) is 9.98. The van der Waals surface area contributed by atoms with Crippen molar-refractivity contribution >= 4 is 17.6 Å². The van der Waals surface area contributed by atoms with E-state index >= 15 is 0 Å². The van der Waals surface area contributed by atoms with Crippen LogP contribution in [0, 0.1) is 5.82 Å². The van der Waals surface area contributed by atoms with Crippen molar-refractivity contribution in [2.75, 3.05) is 0 Å². The number of thiophene rings is 1. The lowest BCUT2D eigenvalue weighted by atomic mass is 10.2. The van der Waals surface area contributed by atoms with Gasteiger partial charge >= 0.3 is 0 Å². The van der Waals surface area contributed by atoms with Crippen LogP contribution in [0.2, 0.25) is 0 Å². The molecule has 94 valence electrons. The number of hydrogen-bond acceptors (Lipinski definition) is 3. The summed E-state index contributed by atoms with van der Waals surface area (Å²) < 4.78 is 18.6. The van der Waals surface area contributed by atoms with Gasteiger partial charge in [-0.3, -0.25) is 4.79 Å². The highest BCUT2D eigenvalue weighted by Gasteiger charge is 2.03. The van der Waals surface area contributed by atoms with Crippen LogP contribution in [0.15, 0.2) is 30.3 Å². The Hall–Kier alpha value is -1.68. The Morgan fingerprint density at radius 1 is 1.28 bits per heavy atom. The predicted octanol–water partition coefficient (Wildman–Crippen LogP) is 3.84. The zero-order valence-corrected chi connectivity index (χ0v) is 10.8. The SMILES string of the molecule is CCc1ccc(COc2cc(F)cc(C=O)c2)s1. The van der Waals surface area contributed by atoms with E-state index in [-0.39, 0.29) is 5.56 Å². The molecule has 2 aromatic rings. The molecule has 0 aliphatic carbocycles. The fraction of sp³-hybridized carbons (Fsp3) is 0.214. The van der Waals surface area contributed by atoms with Crippen molar-refractivity contribution in [3.63, 3.8) is 0 Å². The van der Waals surface area contributed by atoms with E-state index in [4.69, 9.17) is 4.74 Å². The molecule has 4 heteroatoms. The minimum absolute atomic E-state index is 0.283. The van der Waals surface area contributed by atoms with E-state index in [1.165, 1.54) is 23.1 Å². The maximum absolute atomic E-state index is 13.2. The number of aldehydes is 1. The van der Waals surface area contributed by atoms with Gasteiger partial charge in [0.05, 0.1) is 0 Å². The summed E-state index contributed by atoms with van der Waals surface area (Å²) in [7, 11) is 0. The molecule has 0 amide bonds. The molecule has 2 rings (SSSR count). The van der Waals surface area contributed by atoms with E-state index in [0.717, 1.165) is 11.3 Å². The summed E-state index contributed by atoms with van der Waals surface area (Å²) in [6.07, 6.45) is 1.61. The normalized spacial score (nSPS) is 10.3. The lowest BCUT2D eigenvalue weighted by Gasteiger charge is -2.05. The number of halogens is 1. The van der Waals surface area contributed by atoms with Crippen LogP contribution in [-0.4, -0.2) is 6.29 Å². The highest BCUT2D eigenvalue weighted by Crippen LogP contribution is 2.21. The van der Waals surface area contributed by atoms with Crippen molar-refractivity contribution in [1.29, 1.82) is 0 Å². The Balaban J connectivity index is 2.05. The van der Waals surface area contributed by atoms with Gasteiger partial charge in [0.25, 0.3) is 0 Å². The van der Waals surface area contributed by atoms with Crippen LogP contribution >= 0.6 is 11.3 Å². The first kappa shape index (κ1) is 12.8. The average molecular weight is 264 g/mol. The molecular formula is C14H13FO2S. The molecule has 0 bridgehead atoms. The smallest absolute Gasteiger partial charge is 0.150 e. The van der Waals surface area contributed by atoms with Gasteiger partial charge in [0.1, 0.15) is 24.5 Å². The Morgan fingerprint density at radius 3 is 2.72 bits per heavy atom. The van der Waals surface area contributed by atoms with E-state index in [2.05, 4.69) is 13.0 Å². The second-order valence-electron chi connectivity index (χ2n) is 3.85. The van der Waals surface area contributed by atoms with Gasteiger partial charge in [0.15, 0.2) is 0 Å². The van der Waals surface area contributed by atoms with Gasteiger partial charge in [0, 0.05) is 21.4 Å². The fourth-order valence-corrected chi connectivity index (χ4v) is 2.45. The Labute approximate surface area is 109 Å². The Kier molecular flexibility index (Phi) is 4.10. The number of benzene rings is 1. The monoisotopic (exact) mass is 264 g/mol. The molecule has 0 saturated heterocycles. The molecule has 1 heterocycles. The second kappa shape index (κ2) is 5.78. The summed E-state index contributed by atoms with van der Waals surface area (Å²) in [6.45, 7) is 2.49. The molecule has 0 atom stereocenters. The molecule has 2 nitrogen and oxygen atoms in total. The molecule has 0 radical (unpaired) electrons. The largest absolute Gasteiger partial charge is 0.488 e. The van der Waals surface area contributed by atoms with Crippen molar-refractivity contribution in [3.8, 4) is 5.75 Å². The van der Waals surface area contributed by atoms with Crippen molar-refractivity contribution in [2.45, 2.75) is 20.0 Å². The van der Waals surface area contributed by atoms with Crippen LogP contribution in [0.3, 0.4) is 0 Å². The minimum atomic E-state index is -0.463. The van der Waals surface area contributed by atoms with Gasteiger partial charge in [-0.1, -0.05) is 6.92 Å². The summed E-state index contributed by atoms with van der Waals surface area (Å²) in [5, 5.41) is 0. The molecular weight excluding hydrogens is 251 g/mol. The van der Waals surface area contributed by atoms with Gasteiger partial charge in [-0.2, -0.15) is 0 Å². The summed E-state index contributed by atoms with van der Waals surface area (Å²) in [5.41, 5.74) is 0.283. The third-order valence-corrected chi connectivity index (χ3v) is 3.68. The Morgan fingerprint density at radius 2 is 2.06 bits per heavy atom. The standard InChI is InChI=1S/C14H13FO2S/c1-2-13-3-4-14(18-13)9-17-12-6-10(8-16)5-11(15)7-12/h3-8H,2,9H2,1H3. The maximum atomic E-state index is 13.2. The highest BCUT2D eigenvalue weighted by molar-refractivity contribution is 7.11. The van der Waals surface area contributed by atoms with Crippen LogP contribution in [0.4, 0.5) is 4.39 Å². The van der Waals surface area contributed by atoms with Gasteiger partial charge in [-0.15, -0.1) is 11.3 Å². The number of aryl methyl sites for hydroxylation is 1. The number of carbonyl (C=O) groups is 1. The van der Waals surface area contributed by atoms with Crippen molar-refractivity contribution in [3.05, 3.63) is 51.5 Å². The van der Waals surface area contributed by atoms with Crippen LogP contribution in [0.1, 0.15) is 27.0 Å². The molecule has 0 N–H and O–H groups in total. The number of ether oxygens (including phenoxy) is 1. The van der Waals surface area contributed by atoms with Gasteiger partial charge in [0.2, 0.25) is 0 Å². The molecule has 1 aromatic carbocycles. The van der Waals surface area contributed by atoms with Crippen LogP contribution in [0.5, 0.6) is 5.75 Å². The molecule has 0 fully saturated rings. The zero-order chi connectivity index (χ0) is 13.0. The predicted molar refractivity (Wildman–Crippen MR) is 69.8 cm³/mol. The second-order valence-corrected chi connectivity index (χ2v) is 5.10. The third kappa shape index (κ3) is 3.17. The van der Waals surface area contributed by atoms with E-state index in [0.29, 0.717) is 18.6 Å². The molecule has 0 spiro atoms. The lowest BCUT2D eigenvalue weighted by molar-refractivity contribution is 0.112. The van der Waals surface area contributed by atoms with Gasteiger partial charge < -0.3 is 4.74 Å². The lowest BCUT2D eigenvalue weighted by Crippen LogP contribution is -1.94. The van der Waals surface area contributed by atoms with Gasteiger partial charge in [-0.25, -0.2) is 4.39 Å². The number of rotatable bonds is 5. The van der Waals surface area contributed by atoms with Crippen molar-refractivity contribution in [1.82, 2.24) is 0 Å². The van der Waals surface area contributed by atoms with Crippen LogP contribution in [-0.2, 0) is 13.0 Å². The van der Waals surface area contributed by atoms with Crippen LogP contribution < -0.4 is 4.74 Å². The molecule has 0 aliphatic rings. The number of carbonyl (C=O) groups excluding carboxylic acids is 1. The summed E-state index contributed by atoms with van der Waals surface area (Å²) in [5.74, 6) is -0.0847. The van der Waals surface area contributed by atoms with E-state index in [1.807, 2.05) is 6.07 Å². The van der Waals surface area contributed by atoms with Crippen LogP contribution in [0.25, 0.3) is 0 Å². The summed E-state index contributed by atoms with van der Waals surface area (Å²) in [4.78, 5) is 13.0. The quantitative estimate of drug-likeness (QED) is 0.767. The van der Waals surface area contributed by atoms with Gasteiger partial charge in [-0.05, 0) is 30.7 Å². The van der Waals surface area contributed by atoms with E-state index < -0.39 is 5.82 Å². The summed E-state index contributed by atoms with van der Waals surface area (Å²) in [6, 6.07) is 8.06. The molecule has 0 unspecified atom stereocenters. The first-order valence-corrected chi connectivity index (χ1v) is 6.49.